The van der Waals surface area contributed by atoms with Gasteiger partial charge in [-0.2, -0.15) is 19.9 Å². The molecule has 9 heteroatoms. The van der Waals surface area contributed by atoms with Gasteiger partial charge in [-0.3, -0.25) is 14.9 Å². The smallest absolute Gasteiger partial charge is 0.248 e. The fraction of sp³-hybridized carbons (Fsp3) is 0.333. The summed E-state index contributed by atoms with van der Waals surface area (Å²) in [7, 11) is 0. The summed E-state index contributed by atoms with van der Waals surface area (Å²) in [5.41, 5.74) is 0. The SMILES string of the molecule is O=C(CCCC(=O)n1cncn1)Nc1ncn[nH]1. The van der Waals surface area contributed by atoms with Crippen molar-refractivity contribution in [1.82, 2.24) is 29.9 Å². The molecule has 2 rings (SSSR count). The maximum Gasteiger partial charge on any atom is 0.248 e. The lowest BCUT2D eigenvalue weighted by molar-refractivity contribution is -0.116. The van der Waals surface area contributed by atoms with Gasteiger partial charge in [0.1, 0.15) is 19.0 Å². The molecule has 1 amide bonds. The van der Waals surface area contributed by atoms with Crippen LogP contribution in [0.2, 0.25) is 0 Å². The third-order valence-corrected chi connectivity index (χ3v) is 2.14. The van der Waals surface area contributed by atoms with E-state index in [1.807, 2.05) is 0 Å². The van der Waals surface area contributed by atoms with Gasteiger partial charge in [0, 0.05) is 12.8 Å². The normalized spacial score (nSPS) is 10.2. The number of amides is 1. The Morgan fingerprint density at radius 2 is 2.22 bits per heavy atom. The molecule has 0 atom stereocenters. The van der Waals surface area contributed by atoms with Gasteiger partial charge in [-0.25, -0.2) is 10.1 Å². The third kappa shape index (κ3) is 3.20. The Hall–Kier alpha value is -2.58. The van der Waals surface area contributed by atoms with Crippen molar-refractivity contribution in [3.8, 4) is 0 Å². The second kappa shape index (κ2) is 5.66. The van der Waals surface area contributed by atoms with Crippen LogP contribution in [0.4, 0.5) is 5.95 Å². The van der Waals surface area contributed by atoms with Crippen LogP contribution in [0.1, 0.15) is 24.1 Å². The van der Waals surface area contributed by atoms with Gasteiger partial charge < -0.3 is 0 Å². The van der Waals surface area contributed by atoms with Gasteiger partial charge in [-0.05, 0) is 6.42 Å². The summed E-state index contributed by atoms with van der Waals surface area (Å²) in [6, 6.07) is 0. The Balaban J connectivity index is 1.69. The van der Waals surface area contributed by atoms with Gasteiger partial charge in [0.15, 0.2) is 0 Å². The van der Waals surface area contributed by atoms with E-state index in [1.54, 1.807) is 0 Å². The molecule has 2 heterocycles. The molecule has 0 aliphatic carbocycles. The summed E-state index contributed by atoms with van der Waals surface area (Å²) in [6.07, 6.45) is 4.79. The van der Waals surface area contributed by atoms with Crippen molar-refractivity contribution in [2.45, 2.75) is 19.3 Å². The molecule has 0 aliphatic heterocycles. The number of hydrogen-bond acceptors (Lipinski definition) is 6. The standard InChI is InChI=1S/C9H11N7O2/c17-7(14-9-11-5-12-15-9)2-1-3-8(18)16-6-10-4-13-16/h4-6H,1-3H2,(H2,11,12,14,15,17). The van der Waals surface area contributed by atoms with Gasteiger partial charge in [-0.1, -0.05) is 0 Å². The van der Waals surface area contributed by atoms with Gasteiger partial charge in [0.25, 0.3) is 0 Å². The number of nitrogens with one attached hydrogen (secondary N) is 2. The first-order valence-electron chi connectivity index (χ1n) is 5.29. The minimum Gasteiger partial charge on any atom is -0.295 e. The Morgan fingerprint density at radius 3 is 2.89 bits per heavy atom. The van der Waals surface area contributed by atoms with E-state index in [-0.39, 0.29) is 24.7 Å². The molecule has 94 valence electrons. The van der Waals surface area contributed by atoms with Crippen LogP contribution in [0.15, 0.2) is 19.0 Å². The largest absolute Gasteiger partial charge is 0.295 e. The molecule has 0 fully saturated rings. The lowest BCUT2D eigenvalue weighted by atomic mass is 10.2. The highest BCUT2D eigenvalue weighted by Gasteiger charge is 2.08. The van der Waals surface area contributed by atoms with Gasteiger partial charge in [0.05, 0.1) is 0 Å². The highest BCUT2D eigenvalue weighted by atomic mass is 16.2. The molecule has 0 bridgehead atoms. The summed E-state index contributed by atoms with van der Waals surface area (Å²) in [6.45, 7) is 0. The zero-order valence-corrected chi connectivity index (χ0v) is 9.41. The first kappa shape index (κ1) is 11.9. The third-order valence-electron chi connectivity index (χ3n) is 2.14. The molecule has 18 heavy (non-hydrogen) atoms. The van der Waals surface area contributed by atoms with Crippen LogP contribution in [-0.2, 0) is 4.79 Å². The summed E-state index contributed by atoms with van der Waals surface area (Å²) in [5.74, 6) is -0.124. The predicted molar refractivity (Wildman–Crippen MR) is 59.5 cm³/mol. The number of carbonyl (C=O) groups is 2. The van der Waals surface area contributed by atoms with Crippen molar-refractivity contribution in [3.05, 3.63) is 19.0 Å². The van der Waals surface area contributed by atoms with E-state index in [2.05, 4.69) is 30.6 Å². The van der Waals surface area contributed by atoms with E-state index < -0.39 is 0 Å². The van der Waals surface area contributed by atoms with Crippen molar-refractivity contribution < 1.29 is 9.59 Å². The van der Waals surface area contributed by atoms with Gasteiger partial charge in [0.2, 0.25) is 17.8 Å². The molecule has 0 unspecified atom stereocenters. The Morgan fingerprint density at radius 1 is 1.33 bits per heavy atom. The highest BCUT2D eigenvalue weighted by molar-refractivity contribution is 5.89. The van der Waals surface area contributed by atoms with Gasteiger partial charge >= 0.3 is 0 Å². The summed E-state index contributed by atoms with van der Waals surface area (Å²) < 4.78 is 1.15. The predicted octanol–water partition coefficient (Wildman–Crippen LogP) is -0.155. The number of nitrogens with zero attached hydrogens (tertiary/aromatic N) is 5. The molecule has 0 saturated heterocycles. The average Bonchev–Trinajstić information content (AvgIpc) is 3.00. The van der Waals surface area contributed by atoms with Crippen LogP contribution in [0, 0.1) is 0 Å². The lowest BCUT2D eigenvalue weighted by Crippen LogP contribution is -2.15. The van der Waals surface area contributed by atoms with Crippen molar-refractivity contribution in [2.75, 3.05) is 5.32 Å². The van der Waals surface area contributed by atoms with E-state index in [4.69, 9.17) is 0 Å². The summed E-state index contributed by atoms with van der Waals surface area (Å²) in [4.78, 5) is 30.4. The van der Waals surface area contributed by atoms with Crippen LogP contribution < -0.4 is 5.32 Å². The maximum atomic E-state index is 11.5. The zero-order valence-electron chi connectivity index (χ0n) is 9.41. The van der Waals surface area contributed by atoms with Crippen LogP contribution >= 0.6 is 0 Å². The van der Waals surface area contributed by atoms with Crippen LogP contribution in [0.3, 0.4) is 0 Å². The van der Waals surface area contributed by atoms with Crippen molar-refractivity contribution in [1.29, 1.82) is 0 Å². The number of aromatic nitrogens is 6. The van der Waals surface area contributed by atoms with Crippen LogP contribution in [-0.4, -0.2) is 41.8 Å². The number of anilines is 1. The van der Waals surface area contributed by atoms with Crippen molar-refractivity contribution in [3.63, 3.8) is 0 Å². The van der Waals surface area contributed by atoms with Gasteiger partial charge in [-0.15, -0.1) is 0 Å². The van der Waals surface area contributed by atoms with E-state index >= 15 is 0 Å². The molecular weight excluding hydrogens is 238 g/mol. The quantitative estimate of drug-likeness (QED) is 0.760. The van der Waals surface area contributed by atoms with E-state index in [1.165, 1.54) is 19.0 Å². The molecule has 2 aromatic rings. The molecule has 0 aromatic carbocycles. The molecule has 2 aromatic heterocycles. The molecule has 0 aliphatic rings. The fourth-order valence-corrected chi connectivity index (χ4v) is 1.31. The Kier molecular flexibility index (Phi) is 3.74. The van der Waals surface area contributed by atoms with Crippen molar-refractivity contribution in [2.24, 2.45) is 0 Å². The Labute approximate surface area is 102 Å². The minimum atomic E-state index is -0.224. The number of aromatic amines is 1. The molecule has 0 spiro atoms. The second-order valence-electron chi connectivity index (χ2n) is 3.47. The number of carbonyl (C=O) groups excluding carboxylic acids is 2. The molecule has 2 N–H and O–H groups in total. The second-order valence-corrected chi connectivity index (χ2v) is 3.47. The lowest BCUT2D eigenvalue weighted by Gasteiger charge is -2.01. The Bertz CT molecular complexity index is 505. The van der Waals surface area contributed by atoms with Crippen LogP contribution in [0.5, 0.6) is 0 Å². The molecule has 0 radical (unpaired) electrons. The fourth-order valence-electron chi connectivity index (χ4n) is 1.31. The summed E-state index contributed by atoms with van der Waals surface area (Å²) in [5, 5.41) is 12.3. The minimum absolute atomic E-state index is 0.194. The average molecular weight is 249 g/mol. The van der Waals surface area contributed by atoms with E-state index in [9.17, 15) is 9.59 Å². The molecule has 9 nitrogen and oxygen atoms in total. The monoisotopic (exact) mass is 249 g/mol. The topological polar surface area (TPSA) is 118 Å². The number of hydrogen-bond donors (Lipinski definition) is 2. The highest BCUT2D eigenvalue weighted by Crippen LogP contribution is 2.01. The first-order chi connectivity index (χ1) is 8.75. The maximum absolute atomic E-state index is 11.5. The summed E-state index contributed by atoms with van der Waals surface area (Å²) >= 11 is 0. The van der Waals surface area contributed by atoms with E-state index in [0.717, 1.165) is 4.68 Å². The number of rotatable bonds is 5. The van der Waals surface area contributed by atoms with E-state index in [0.29, 0.717) is 12.4 Å². The number of H-pyrrole nitrogens is 1. The first-order valence-corrected chi connectivity index (χ1v) is 5.29. The zero-order chi connectivity index (χ0) is 12.8. The van der Waals surface area contributed by atoms with Crippen LogP contribution in [0.25, 0.3) is 0 Å². The van der Waals surface area contributed by atoms with Crippen molar-refractivity contribution >= 4 is 17.8 Å². The molecule has 0 saturated carbocycles. The molecular formula is C9H11N7O2.